The summed E-state index contributed by atoms with van der Waals surface area (Å²) in [5, 5.41) is 9.32. The van der Waals surface area contributed by atoms with Crippen molar-refractivity contribution in [1.82, 2.24) is 4.98 Å². The van der Waals surface area contributed by atoms with E-state index in [1.807, 2.05) is 0 Å². The summed E-state index contributed by atoms with van der Waals surface area (Å²) in [5.74, 6) is -1.49. The largest absolute Gasteiger partial charge is 0.574 e. The number of rotatable bonds is 2. The molecule has 1 N–H and O–H groups in total. The maximum absolute atomic E-state index is 11.8. The van der Waals surface area contributed by atoms with Gasteiger partial charge in [-0.05, 0) is 22.6 Å². The van der Waals surface area contributed by atoms with Crippen LogP contribution in [0.3, 0.4) is 0 Å². The molecule has 15 heavy (non-hydrogen) atoms. The summed E-state index contributed by atoms with van der Waals surface area (Å²) in [5.41, 5.74) is 0.435. The number of hydrogen-bond donors (Lipinski definition) is 1. The van der Waals surface area contributed by atoms with Crippen LogP contribution in [0.2, 0.25) is 0 Å². The van der Waals surface area contributed by atoms with E-state index in [0.717, 1.165) is 6.20 Å². The van der Waals surface area contributed by atoms with Crippen LogP contribution in [0.15, 0.2) is 6.20 Å². The maximum atomic E-state index is 11.8. The molecule has 0 atom stereocenters. The molecule has 0 aliphatic rings. The third-order valence-electron chi connectivity index (χ3n) is 1.39. The summed E-state index contributed by atoms with van der Waals surface area (Å²) in [6.07, 6.45) is -3.76. The highest BCUT2D eigenvalue weighted by molar-refractivity contribution is 14.1. The minimum atomic E-state index is -4.88. The van der Waals surface area contributed by atoms with Gasteiger partial charge in [0.05, 0.1) is 9.45 Å². The molecule has 0 aliphatic heterocycles. The number of aromatic nitrogens is 1. The van der Waals surface area contributed by atoms with Crippen LogP contribution in [0, 0.1) is 3.57 Å². The van der Waals surface area contributed by atoms with Gasteiger partial charge in [-0.1, -0.05) is 0 Å². The molecule has 0 bridgehead atoms. The molecule has 8 heteroatoms. The molecule has 0 spiro atoms. The molecule has 0 amide bonds. The van der Waals surface area contributed by atoms with Gasteiger partial charge in [0.1, 0.15) is 0 Å². The molecule has 0 aliphatic carbocycles. The van der Waals surface area contributed by atoms with Crippen LogP contribution in [-0.2, 0) is 5.88 Å². The lowest BCUT2D eigenvalue weighted by molar-refractivity contribution is -0.276. The predicted molar refractivity (Wildman–Crippen MR) is 54.9 cm³/mol. The second-order valence-electron chi connectivity index (χ2n) is 2.43. The van der Waals surface area contributed by atoms with Crippen LogP contribution in [0.1, 0.15) is 5.56 Å². The lowest BCUT2D eigenvalue weighted by Crippen LogP contribution is -2.18. The third-order valence-corrected chi connectivity index (χ3v) is 2.88. The van der Waals surface area contributed by atoms with E-state index in [1.54, 1.807) is 22.6 Å². The van der Waals surface area contributed by atoms with Crippen molar-refractivity contribution in [3.05, 3.63) is 15.3 Å². The average molecular weight is 353 g/mol. The van der Waals surface area contributed by atoms with Crippen LogP contribution < -0.4 is 4.74 Å². The van der Waals surface area contributed by atoms with Crippen LogP contribution >= 0.6 is 34.2 Å². The highest BCUT2D eigenvalue weighted by atomic mass is 127. The highest BCUT2D eigenvalue weighted by Gasteiger charge is 2.33. The fourth-order valence-corrected chi connectivity index (χ4v) is 1.77. The van der Waals surface area contributed by atoms with E-state index in [2.05, 4.69) is 9.72 Å². The number of alkyl halides is 4. The van der Waals surface area contributed by atoms with E-state index in [9.17, 15) is 18.3 Å². The first-order chi connectivity index (χ1) is 6.85. The van der Waals surface area contributed by atoms with E-state index in [0.29, 0.717) is 5.56 Å². The average Bonchev–Trinajstić information content (AvgIpc) is 2.11. The van der Waals surface area contributed by atoms with E-state index >= 15 is 0 Å². The molecule has 0 fully saturated rings. The Balaban J connectivity index is 3.07. The Labute approximate surface area is 101 Å². The summed E-state index contributed by atoms with van der Waals surface area (Å²) >= 11 is 7.13. The molecule has 1 aromatic heterocycles. The van der Waals surface area contributed by atoms with Crippen molar-refractivity contribution in [2.75, 3.05) is 0 Å². The van der Waals surface area contributed by atoms with Crippen molar-refractivity contribution in [2.45, 2.75) is 12.2 Å². The van der Waals surface area contributed by atoms with Gasteiger partial charge in [-0.25, -0.2) is 4.98 Å². The van der Waals surface area contributed by atoms with Crippen LogP contribution in [-0.4, -0.2) is 16.5 Å². The first-order valence-electron chi connectivity index (χ1n) is 3.53. The van der Waals surface area contributed by atoms with Gasteiger partial charge >= 0.3 is 6.36 Å². The number of nitrogens with zero attached hydrogens (tertiary/aromatic N) is 1. The molecule has 1 heterocycles. The fraction of sp³-hybridized carbons (Fsp3) is 0.286. The predicted octanol–water partition coefficient (Wildman–Crippen LogP) is 3.03. The molecule has 3 nitrogen and oxygen atoms in total. The van der Waals surface area contributed by atoms with E-state index in [4.69, 9.17) is 11.6 Å². The number of aromatic hydroxyl groups is 1. The summed E-state index contributed by atoms with van der Waals surface area (Å²) in [6, 6.07) is 0. The number of ether oxygens (including phenoxy) is 1. The Bertz CT molecular complexity index is 372. The Hall–Kier alpha value is -0.440. The molecule has 0 unspecified atom stereocenters. The molecular weight excluding hydrogens is 349 g/mol. The Morgan fingerprint density at radius 3 is 2.60 bits per heavy atom. The minimum absolute atomic E-state index is 0.0468. The topological polar surface area (TPSA) is 42.4 Å². The molecule has 1 aromatic rings. The van der Waals surface area contributed by atoms with Crippen LogP contribution in [0.5, 0.6) is 11.6 Å². The number of halogens is 5. The van der Waals surface area contributed by atoms with E-state index in [1.165, 1.54) is 0 Å². The van der Waals surface area contributed by atoms with Gasteiger partial charge in [-0.15, -0.1) is 24.8 Å². The lowest BCUT2D eigenvalue weighted by Gasteiger charge is -2.11. The zero-order chi connectivity index (χ0) is 11.6. The van der Waals surface area contributed by atoms with Gasteiger partial charge < -0.3 is 9.84 Å². The smallest absolute Gasteiger partial charge is 0.502 e. The lowest BCUT2D eigenvalue weighted by atomic mass is 10.3. The number of hydrogen-bond acceptors (Lipinski definition) is 3. The van der Waals surface area contributed by atoms with Gasteiger partial charge in [-0.2, -0.15) is 0 Å². The molecule has 84 valence electrons. The summed E-state index contributed by atoms with van der Waals surface area (Å²) in [4.78, 5) is 3.31. The van der Waals surface area contributed by atoms with Gasteiger partial charge in [0.15, 0.2) is 5.75 Å². The van der Waals surface area contributed by atoms with Crippen molar-refractivity contribution in [1.29, 1.82) is 0 Å². The van der Waals surface area contributed by atoms with E-state index < -0.39 is 18.0 Å². The quantitative estimate of drug-likeness (QED) is 0.656. The SMILES string of the molecule is Oc1c(OC(F)(F)F)ncc(CCl)c1I. The van der Waals surface area contributed by atoms with E-state index in [-0.39, 0.29) is 9.45 Å². The number of pyridine rings is 1. The summed E-state index contributed by atoms with van der Waals surface area (Å²) in [6.45, 7) is 0. The second-order valence-corrected chi connectivity index (χ2v) is 3.78. The Kier molecular flexibility index (Phi) is 3.87. The first-order valence-corrected chi connectivity index (χ1v) is 5.14. The van der Waals surface area contributed by atoms with Crippen molar-refractivity contribution < 1.29 is 23.0 Å². The highest BCUT2D eigenvalue weighted by Crippen LogP contribution is 2.34. The summed E-state index contributed by atoms with van der Waals surface area (Å²) in [7, 11) is 0. The molecule has 0 saturated carbocycles. The Morgan fingerprint density at radius 2 is 2.13 bits per heavy atom. The zero-order valence-corrected chi connectivity index (χ0v) is 9.89. The standard InChI is InChI=1S/C7H4ClF3INO2/c8-1-3-2-13-6(5(14)4(3)12)15-7(9,10)11/h2,14H,1H2. The third kappa shape index (κ3) is 3.26. The van der Waals surface area contributed by atoms with Crippen LogP contribution in [0.25, 0.3) is 0 Å². The van der Waals surface area contributed by atoms with Crippen LogP contribution in [0.4, 0.5) is 13.2 Å². The molecule has 1 rings (SSSR count). The fourth-order valence-electron chi connectivity index (χ4n) is 0.778. The van der Waals surface area contributed by atoms with Crippen molar-refractivity contribution in [3.63, 3.8) is 0 Å². The normalized spacial score (nSPS) is 11.5. The van der Waals surface area contributed by atoms with Crippen molar-refractivity contribution in [3.8, 4) is 11.6 Å². The molecule has 0 radical (unpaired) electrons. The van der Waals surface area contributed by atoms with Gasteiger partial charge in [0, 0.05) is 11.8 Å². The zero-order valence-electron chi connectivity index (χ0n) is 6.98. The van der Waals surface area contributed by atoms with Gasteiger partial charge in [-0.3, -0.25) is 0 Å². The van der Waals surface area contributed by atoms with Crippen molar-refractivity contribution in [2.24, 2.45) is 0 Å². The molecule has 0 aromatic carbocycles. The van der Waals surface area contributed by atoms with Gasteiger partial charge in [0.25, 0.3) is 5.88 Å². The van der Waals surface area contributed by atoms with Crippen molar-refractivity contribution >= 4 is 34.2 Å². The molecule has 0 saturated heterocycles. The molecular formula is C7H4ClF3INO2. The van der Waals surface area contributed by atoms with Gasteiger partial charge in [0.2, 0.25) is 0 Å². The summed E-state index contributed by atoms with van der Waals surface area (Å²) < 4.78 is 39.2. The monoisotopic (exact) mass is 353 g/mol. The maximum Gasteiger partial charge on any atom is 0.574 e. The first kappa shape index (κ1) is 12.6. The second kappa shape index (κ2) is 4.60. The minimum Gasteiger partial charge on any atom is -0.502 e. The Morgan fingerprint density at radius 1 is 1.53 bits per heavy atom.